The molecule has 0 aliphatic carbocycles. The topological polar surface area (TPSA) is 64.3 Å². The summed E-state index contributed by atoms with van der Waals surface area (Å²) in [4.78, 5) is 11.8. The normalized spacial score (nSPS) is 11.3. The molecule has 0 fully saturated rings. The van der Waals surface area contributed by atoms with E-state index in [0.29, 0.717) is 0 Å². The minimum Gasteiger partial charge on any atom is -0.496 e. The van der Waals surface area contributed by atoms with Crippen LogP contribution < -0.4 is 15.8 Å². The highest BCUT2D eigenvalue weighted by atomic mass is 35.5. The Bertz CT molecular complexity index is 484. The number of nitrogens with two attached hydrogens (primary N) is 1. The van der Waals surface area contributed by atoms with E-state index in [1.807, 2.05) is 0 Å². The fourth-order valence-corrected chi connectivity index (χ4v) is 1.57. The summed E-state index contributed by atoms with van der Waals surface area (Å²) in [5.74, 6) is -3.77. The number of nitrogens with one attached hydrogen (secondary N) is 1. The number of methoxy groups -OCH3 is 1. The van der Waals surface area contributed by atoms with Crippen LogP contribution in [0.4, 0.5) is 8.78 Å². The zero-order chi connectivity index (χ0) is 14.6. The number of carbonyl (C=O) groups is 1. The number of amides is 1. The Morgan fingerprint density at radius 1 is 1.42 bits per heavy atom. The van der Waals surface area contributed by atoms with Crippen LogP contribution in [0.3, 0.4) is 0 Å². The summed E-state index contributed by atoms with van der Waals surface area (Å²) in [7, 11) is 1.32. The molecule has 1 rings (SSSR count). The van der Waals surface area contributed by atoms with E-state index in [-0.39, 0.29) is 21.4 Å². The predicted molar refractivity (Wildman–Crippen MR) is 69.3 cm³/mol. The van der Waals surface area contributed by atoms with E-state index in [4.69, 9.17) is 33.7 Å². The number of hydrogen-bond donors (Lipinski definition) is 2. The molecule has 0 atom stereocenters. The minimum atomic E-state index is -3.17. The van der Waals surface area contributed by atoms with Crippen LogP contribution in [0.15, 0.2) is 12.1 Å². The van der Waals surface area contributed by atoms with E-state index in [2.05, 4.69) is 5.32 Å². The van der Waals surface area contributed by atoms with Gasteiger partial charge in [-0.2, -0.15) is 0 Å². The van der Waals surface area contributed by atoms with Crippen LogP contribution in [0, 0.1) is 0 Å². The van der Waals surface area contributed by atoms with Gasteiger partial charge in [-0.25, -0.2) is 8.78 Å². The van der Waals surface area contributed by atoms with Gasteiger partial charge in [-0.15, -0.1) is 0 Å². The number of rotatable bonds is 5. The average Bonchev–Trinajstić information content (AvgIpc) is 2.38. The molecule has 0 unspecified atom stereocenters. The highest BCUT2D eigenvalue weighted by Crippen LogP contribution is 2.30. The molecule has 106 valence electrons. The molecular formula is C11H12Cl2F2N2O2. The minimum absolute atomic E-state index is 0.0183. The molecule has 1 aromatic rings. The van der Waals surface area contributed by atoms with Crippen molar-refractivity contribution < 1.29 is 18.3 Å². The van der Waals surface area contributed by atoms with Crippen molar-refractivity contribution in [2.45, 2.75) is 5.92 Å². The Morgan fingerprint density at radius 2 is 2.00 bits per heavy atom. The van der Waals surface area contributed by atoms with Gasteiger partial charge in [0.2, 0.25) is 0 Å². The Morgan fingerprint density at radius 3 is 2.53 bits per heavy atom. The first-order chi connectivity index (χ1) is 8.80. The van der Waals surface area contributed by atoms with Gasteiger partial charge in [0, 0.05) is 6.07 Å². The molecule has 4 nitrogen and oxygen atoms in total. The summed E-state index contributed by atoms with van der Waals surface area (Å²) in [6, 6.07) is 2.58. The molecule has 0 saturated carbocycles. The van der Waals surface area contributed by atoms with E-state index in [1.165, 1.54) is 19.2 Å². The number of ether oxygens (including phenoxy) is 1. The van der Waals surface area contributed by atoms with Crippen LogP contribution in [0.1, 0.15) is 10.4 Å². The quantitative estimate of drug-likeness (QED) is 0.877. The Labute approximate surface area is 118 Å². The van der Waals surface area contributed by atoms with E-state index in [1.54, 1.807) is 0 Å². The van der Waals surface area contributed by atoms with Gasteiger partial charge in [0.05, 0.1) is 35.8 Å². The first-order valence-electron chi connectivity index (χ1n) is 5.20. The van der Waals surface area contributed by atoms with Gasteiger partial charge in [0.15, 0.2) is 0 Å². The van der Waals surface area contributed by atoms with Crippen molar-refractivity contribution in [3.8, 4) is 5.75 Å². The van der Waals surface area contributed by atoms with Crippen LogP contribution in [0.5, 0.6) is 5.75 Å². The summed E-state index contributed by atoms with van der Waals surface area (Å²) < 4.78 is 30.8. The molecule has 0 spiro atoms. The number of alkyl halides is 2. The molecule has 3 N–H and O–H groups in total. The van der Waals surface area contributed by atoms with Crippen molar-refractivity contribution in [1.82, 2.24) is 5.32 Å². The molecule has 0 radical (unpaired) electrons. The molecule has 0 aliphatic rings. The Balaban J connectivity index is 2.91. The van der Waals surface area contributed by atoms with Gasteiger partial charge < -0.3 is 15.8 Å². The van der Waals surface area contributed by atoms with Crippen LogP contribution in [-0.4, -0.2) is 32.0 Å². The maximum Gasteiger partial charge on any atom is 0.277 e. The smallest absolute Gasteiger partial charge is 0.277 e. The van der Waals surface area contributed by atoms with Crippen LogP contribution >= 0.6 is 23.2 Å². The third-order valence-corrected chi connectivity index (χ3v) is 3.02. The monoisotopic (exact) mass is 312 g/mol. The van der Waals surface area contributed by atoms with Crippen LogP contribution in [0.2, 0.25) is 10.0 Å². The second-order valence-corrected chi connectivity index (χ2v) is 4.52. The van der Waals surface area contributed by atoms with E-state index in [0.717, 1.165) is 0 Å². The molecule has 19 heavy (non-hydrogen) atoms. The molecule has 0 bridgehead atoms. The van der Waals surface area contributed by atoms with Crippen molar-refractivity contribution in [2.24, 2.45) is 5.73 Å². The average molecular weight is 313 g/mol. The van der Waals surface area contributed by atoms with E-state index < -0.39 is 24.9 Å². The van der Waals surface area contributed by atoms with Gasteiger partial charge in [-0.3, -0.25) is 4.79 Å². The number of carbonyl (C=O) groups excluding carboxylic acids is 1. The van der Waals surface area contributed by atoms with Crippen molar-refractivity contribution in [3.05, 3.63) is 27.7 Å². The van der Waals surface area contributed by atoms with Gasteiger partial charge in [0.1, 0.15) is 5.75 Å². The highest BCUT2D eigenvalue weighted by molar-refractivity contribution is 6.42. The van der Waals surface area contributed by atoms with Gasteiger partial charge in [0.25, 0.3) is 11.8 Å². The molecule has 0 heterocycles. The fraction of sp³-hybridized carbons (Fsp3) is 0.364. The SMILES string of the molecule is COc1cc(Cl)c(Cl)cc1C(=O)NCC(F)(F)CN. The van der Waals surface area contributed by atoms with Crippen molar-refractivity contribution >= 4 is 29.1 Å². The summed E-state index contributed by atoms with van der Waals surface area (Å²) in [6.07, 6.45) is 0. The van der Waals surface area contributed by atoms with Crippen molar-refractivity contribution in [3.63, 3.8) is 0 Å². The lowest BCUT2D eigenvalue weighted by Gasteiger charge is -2.15. The molecule has 8 heteroatoms. The van der Waals surface area contributed by atoms with Crippen LogP contribution in [-0.2, 0) is 0 Å². The van der Waals surface area contributed by atoms with Crippen molar-refractivity contribution in [1.29, 1.82) is 0 Å². The molecule has 0 aromatic heterocycles. The Kier molecular flexibility index (Phi) is 5.34. The predicted octanol–water partition coefficient (Wildman–Crippen LogP) is 2.33. The number of benzene rings is 1. The van der Waals surface area contributed by atoms with Crippen LogP contribution in [0.25, 0.3) is 0 Å². The number of halogens is 4. The van der Waals surface area contributed by atoms with Gasteiger partial charge in [-0.05, 0) is 6.07 Å². The molecule has 0 saturated heterocycles. The molecule has 1 amide bonds. The largest absolute Gasteiger partial charge is 0.496 e. The fourth-order valence-electron chi connectivity index (χ4n) is 1.25. The maximum atomic E-state index is 12.9. The number of hydrogen-bond acceptors (Lipinski definition) is 3. The summed E-state index contributed by atoms with van der Waals surface area (Å²) in [5.41, 5.74) is 4.88. The highest BCUT2D eigenvalue weighted by Gasteiger charge is 2.28. The van der Waals surface area contributed by atoms with Crippen molar-refractivity contribution in [2.75, 3.05) is 20.2 Å². The zero-order valence-electron chi connectivity index (χ0n) is 9.97. The zero-order valence-corrected chi connectivity index (χ0v) is 11.5. The van der Waals surface area contributed by atoms with Gasteiger partial charge >= 0.3 is 0 Å². The first-order valence-corrected chi connectivity index (χ1v) is 5.95. The second-order valence-electron chi connectivity index (χ2n) is 3.71. The summed E-state index contributed by atoms with van der Waals surface area (Å²) >= 11 is 11.5. The lowest BCUT2D eigenvalue weighted by Crippen LogP contribution is -2.41. The third-order valence-electron chi connectivity index (χ3n) is 2.29. The molecular weight excluding hydrogens is 301 g/mol. The van der Waals surface area contributed by atoms with Gasteiger partial charge in [-0.1, -0.05) is 23.2 Å². The maximum absolute atomic E-state index is 12.9. The Hall–Kier alpha value is -1.11. The first kappa shape index (κ1) is 15.9. The van der Waals surface area contributed by atoms with E-state index in [9.17, 15) is 13.6 Å². The lowest BCUT2D eigenvalue weighted by molar-refractivity contribution is 0.0118. The second kappa shape index (κ2) is 6.36. The molecule has 0 aliphatic heterocycles. The lowest BCUT2D eigenvalue weighted by atomic mass is 10.2. The third kappa shape index (κ3) is 4.19. The summed E-state index contributed by atoms with van der Waals surface area (Å²) in [6.45, 7) is -1.72. The van der Waals surface area contributed by atoms with E-state index >= 15 is 0 Å². The summed E-state index contributed by atoms with van der Waals surface area (Å²) in [5, 5.41) is 2.38. The standard InChI is InChI=1S/C11H12Cl2F2N2O2/c1-19-9-3-8(13)7(12)2-6(9)10(18)17-5-11(14,15)4-16/h2-3H,4-5,16H2,1H3,(H,17,18). The molecule has 1 aromatic carbocycles.